The summed E-state index contributed by atoms with van der Waals surface area (Å²) in [4.78, 5) is 11.9. The molecule has 0 saturated heterocycles. The molecule has 3 nitrogen and oxygen atoms in total. The molecule has 0 unspecified atom stereocenters. The van der Waals surface area contributed by atoms with Gasteiger partial charge in [0.25, 0.3) is 0 Å². The smallest absolute Gasteiger partial charge is 0.308 e. The molecule has 0 aliphatic heterocycles. The lowest BCUT2D eigenvalue weighted by molar-refractivity contribution is 0.262. The fourth-order valence-corrected chi connectivity index (χ4v) is 1.99. The lowest BCUT2D eigenvalue weighted by Gasteiger charge is -2.09. The summed E-state index contributed by atoms with van der Waals surface area (Å²) in [6.07, 6.45) is 1.95. The average molecular weight is 268 g/mol. The molecule has 2 aromatic carbocycles. The van der Waals surface area contributed by atoms with Gasteiger partial charge in [0.1, 0.15) is 0 Å². The highest BCUT2D eigenvalue weighted by molar-refractivity contribution is 5.99. The monoisotopic (exact) mass is 268 g/mol. The number of nitrogens with one attached hydrogen (secondary N) is 2. The molecule has 0 aliphatic rings. The number of hydrogen-bond acceptors (Lipinski definition) is 1. The highest BCUT2D eigenvalue weighted by Gasteiger charge is 2.03. The Labute approximate surface area is 120 Å². The van der Waals surface area contributed by atoms with Crippen molar-refractivity contribution in [1.29, 1.82) is 0 Å². The van der Waals surface area contributed by atoms with Crippen LogP contribution in [0, 0.1) is 0 Å². The first-order chi connectivity index (χ1) is 9.71. The Morgan fingerprint density at radius 1 is 0.850 bits per heavy atom. The lowest BCUT2D eigenvalue weighted by Crippen LogP contribution is -2.19. The molecule has 0 aliphatic carbocycles. The molecule has 2 rings (SSSR count). The van der Waals surface area contributed by atoms with Gasteiger partial charge in [0, 0.05) is 11.4 Å². The van der Waals surface area contributed by atoms with Crippen LogP contribution in [-0.4, -0.2) is 6.03 Å². The number of amides is 2. The van der Waals surface area contributed by atoms with Gasteiger partial charge in [-0.2, -0.15) is 0 Å². The zero-order valence-corrected chi connectivity index (χ0v) is 11.9. The number of hydrogen-bond donors (Lipinski definition) is 2. The van der Waals surface area contributed by atoms with Gasteiger partial charge in [-0.1, -0.05) is 38.1 Å². The zero-order valence-electron chi connectivity index (χ0n) is 11.9. The van der Waals surface area contributed by atoms with Crippen LogP contribution in [0.2, 0.25) is 0 Å². The summed E-state index contributed by atoms with van der Waals surface area (Å²) in [6.45, 7) is 4.20. The Balaban J connectivity index is 1.97. The van der Waals surface area contributed by atoms with Gasteiger partial charge in [-0.3, -0.25) is 0 Å². The summed E-state index contributed by atoms with van der Waals surface area (Å²) in [7, 11) is 0. The van der Waals surface area contributed by atoms with E-state index in [0.29, 0.717) is 0 Å². The van der Waals surface area contributed by atoms with Crippen molar-refractivity contribution in [2.45, 2.75) is 26.7 Å². The van der Waals surface area contributed by atoms with E-state index in [1.807, 2.05) is 48.5 Å². The molecule has 0 bridgehead atoms. The second-order valence-corrected chi connectivity index (χ2v) is 4.68. The van der Waals surface area contributed by atoms with Crippen molar-refractivity contribution < 1.29 is 4.79 Å². The number of rotatable bonds is 4. The summed E-state index contributed by atoms with van der Waals surface area (Å²) < 4.78 is 0. The van der Waals surface area contributed by atoms with Gasteiger partial charge < -0.3 is 10.6 Å². The molecule has 0 radical (unpaired) electrons. The highest BCUT2D eigenvalue weighted by Crippen LogP contribution is 2.13. The Hall–Kier alpha value is -2.29. The Kier molecular flexibility index (Phi) is 4.77. The minimum Gasteiger partial charge on any atom is -0.308 e. The van der Waals surface area contributed by atoms with E-state index in [1.54, 1.807) is 0 Å². The standard InChI is InChI=1S/C17H20N2O/c1-3-13-8-10-15(11-9-13)18-17(20)19-16-7-5-6-14(4-2)12-16/h5-12H,3-4H2,1-2H3,(H2,18,19,20). The second-order valence-electron chi connectivity index (χ2n) is 4.68. The van der Waals surface area contributed by atoms with Crippen LogP contribution in [0.15, 0.2) is 48.5 Å². The van der Waals surface area contributed by atoms with E-state index in [1.165, 1.54) is 11.1 Å². The largest absolute Gasteiger partial charge is 0.323 e. The maximum atomic E-state index is 11.9. The van der Waals surface area contributed by atoms with Gasteiger partial charge in [0.15, 0.2) is 0 Å². The van der Waals surface area contributed by atoms with Crippen molar-refractivity contribution >= 4 is 17.4 Å². The van der Waals surface area contributed by atoms with Gasteiger partial charge >= 0.3 is 6.03 Å². The number of aryl methyl sites for hydroxylation is 2. The number of anilines is 2. The third-order valence-corrected chi connectivity index (χ3v) is 3.21. The van der Waals surface area contributed by atoms with Gasteiger partial charge in [0.2, 0.25) is 0 Å². The van der Waals surface area contributed by atoms with E-state index in [2.05, 4.69) is 24.5 Å². The average Bonchev–Trinajstić information content (AvgIpc) is 2.48. The van der Waals surface area contributed by atoms with Gasteiger partial charge in [-0.05, 0) is 48.2 Å². The number of carbonyl (C=O) groups excluding carboxylic acids is 1. The Bertz CT molecular complexity index is 576. The second kappa shape index (κ2) is 6.75. The van der Waals surface area contributed by atoms with Crippen LogP contribution in [0.4, 0.5) is 16.2 Å². The Morgan fingerprint density at radius 3 is 2.15 bits per heavy atom. The van der Waals surface area contributed by atoms with Crippen LogP contribution < -0.4 is 10.6 Å². The summed E-state index contributed by atoms with van der Waals surface area (Å²) >= 11 is 0. The van der Waals surface area contributed by atoms with E-state index in [4.69, 9.17) is 0 Å². The molecule has 0 spiro atoms. The third kappa shape index (κ3) is 3.85. The number of urea groups is 1. The molecule has 104 valence electrons. The minimum absolute atomic E-state index is 0.220. The van der Waals surface area contributed by atoms with Crippen LogP contribution in [0.25, 0.3) is 0 Å². The van der Waals surface area contributed by atoms with Crippen LogP contribution >= 0.6 is 0 Å². The molecule has 3 heteroatoms. The fraction of sp³-hybridized carbons (Fsp3) is 0.235. The first-order valence-electron chi connectivity index (χ1n) is 6.97. The highest BCUT2D eigenvalue weighted by atomic mass is 16.2. The summed E-state index contributed by atoms with van der Waals surface area (Å²) in [5.41, 5.74) is 4.07. The van der Waals surface area contributed by atoms with Crippen LogP contribution in [0.5, 0.6) is 0 Å². The zero-order chi connectivity index (χ0) is 14.4. The van der Waals surface area contributed by atoms with Crippen LogP contribution in [0.1, 0.15) is 25.0 Å². The normalized spacial score (nSPS) is 10.1. The minimum atomic E-state index is -0.220. The molecule has 0 saturated carbocycles. The summed E-state index contributed by atoms with van der Waals surface area (Å²) in [5, 5.41) is 5.67. The van der Waals surface area contributed by atoms with E-state index in [0.717, 1.165) is 24.2 Å². The molecule has 2 aromatic rings. The Morgan fingerprint density at radius 2 is 1.50 bits per heavy atom. The van der Waals surface area contributed by atoms with Crippen molar-refractivity contribution in [2.75, 3.05) is 10.6 Å². The number of carbonyl (C=O) groups is 1. The predicted octanol–water partition coefficient (Wildman–Crippen LogP) is 4.46. The SMILES string of the molecule is CCc1ccc(NC(=O)Nc2cccc(CC)c2)cc1. The topological polar surface area (TPSA) is 41.1 Å². The molecule has 20 heavy (non-hydrogen) atoms. The molecule has 0 heterocycles. The van der Waals surface area contributed by atoms with E-state index >= 15 is 0 Å². The van der Waals surface area contributed by atoms with Gasteiger partial charge in [0.05, 0.1) is 0 Å². The fourth-order valence-electron chi connectivity index (χ4n) is 1.99. The first kappa shape index (κ1) is 14.1. The van der Waals surface area contributed by atoms with E-state index < -0.39 is 0 Å². The molecule has 2 N–H and O–H groups in total. The van der Waals surface area contributed by atoms with Gasteiger partial charge in [-0.15, -0.1) is 0 Å². The summed E-state index contributed by atoms with van der Waals surface area (Å²) in [6, 6.07) is 15.5. The maximum absolute atomic E-state index is 11.9. The van der Waals surface area contributed by atoms with Crippen molar-refractivity contribution in [3.63, 3.8) is 0 Å². The van der Waals surface area contributed by atoms with E-state index in [9.17, 15) is 4.79 Å². The van der Waals surface area contributed by atoms with Crippen LogP contribution in [0.3, 0.4) is 0 Å². The lowest BCUT2D eigenvalue weighted by atomic mass is 10.1. The molecular weight excluding hydrogens is 248 g/mol. The molecular formula is C17H20N2O. The molecule has 2 amide bonds. The molecule has 0 atom stereocenters. The van der Waals surface area contributed by atoms with Crippen molar-refractivity contribution in [2.24, 2.45) is 0 Å². The first-order valence-corrected chi connectivity index (χ1v) is 6.97. The maximum Gasteiger partial charge on any atom is 0.323 e. The van der Waals surface area contributed by atoms with Crippen molar-refractivity contribution in [3.05, 3.63) is 59.7 Å². The van der Waals surface area contributed by atoms with E-state index in [-0.39, 0.29) is 6.03 Å². The van der Waals surface area contributed by atoms with Gasteiger partial charge in [-0.25, -0.2) is 4.79 Å². The van der Waals surface area contributed by atoms with Crippen molar-refractivity contribution in [1.82, 2.24) is 0 Å². The quantitative estimate of drug-likeness (QED) is 0.844. The summed E-state index contributed by atoms with van der Waals surface area (Å²) in [5.74, 6) is 0. The van der Waals surface area contributed by atoms with Crippen LogP contribution in [-0.2, 0) is 12.8 Å². The predicted molar refractivity (Wildman–Crippen MR) is 84.3 cm³/mol. The van der Waals surface area contributed by atoms with Crippen molar-refractivity contribution in [3.8, 4) is 0 Å². The molecule has 0 fully saturated rings. The molecule has 0 aromatic heterocycles. The third-order valence-electron chi connectivity index (χ3n) is 3.21. The number of benzene rings is 2.